The van der Waals surface area contributed by atoms with E-state index in [0.717, 1.165) is 25.0 Å². The van der Waals surface area contributed by atoms with Crippen molar-refractivity contribution in [3.05, 3.63) is 58.0 Å². The van der Waals surface area contributed by atoms with Gasteiger partial charge in [0, 0.05) is 42.8 Å². The van der Waals surface area contributed by atoms with E-state index in [1.165, 1.54) is 16.9 Å². The van der Waals surface area contributed by atoms with Gasteiger partial charge in [0.1, 0.15) is 17.3 Å². The van der Waals surface area contributed by atoms with Crippen molar-refractivity contribution in [2.45, 2.75) is 56.5 Å². The van der Waals surface area contributed by atoms with E-state index in [1.54, 1.807) is 0 Å². The molecule has 1 saturated carbocycles. The van der Waals surface area contributed by atoms with Crippen molar-refractivity contribution in [3.63, 3.8) is 0 Å². The Bertz CT molecular complexity index is 1530. The van der Waals surface area contributed by atoms with Crippen LogP contribution >= 0.6 is 0 Å². The largest absolute Gasteiger partial charge is 0.493 e. The summed E-state index contributed by atoms with van der Waals surface area (Å²) in [4.78, 5) is 25.6. The van der Waals surface area contributed by atoms with Crippen LogP contribution in [0.25, 0.3) is 11.3 Å². The van der Waals surface area contributed by atoms with Crippen molar-refractivity contribution in [2.24, 2.45) is 5.92 Å². The van der Waals surface area contributed by atoms with Gasteiger partial charge in [-0.15, -0.1) is 0 Å². The van der Waals surface area contributed by atoms with Crippen LogP contribution in [0.5, 0.6) is 5.75 Å². The van der Waals surface area contributed by atoms with E-state index in [0.29, 0.717) is 23.2 Å². The molecule has 0 spiro atoms. The van der Waals surface area contributed by atoms with Crippen molar-refractivity contribution in [1.82, 2.24) is 35.3 Å². The first-order chi connectivity index (χ1) is 19.3. The lowest BCUT2D eigenvalue weighted by Gasteiger charge is -2.41. The third-order valence-corrected chi connectivity index (χ3v) is 6.80. The molecule has 5 rings (SSSR count). The van der Waals surface area contributed by atoms with Gasteiger partial charge in [-0.25, -0.2) is 14.3 Å². The minimum absolute atomic E-state index is 0.0518. The van der Waals surface area contributed by atoms with E-state index in [4.69, 9.17) is 4.74 Å². The van der Waals surface area contributed by atoms with E-state index in [2.05, 4.69) is 15.5 Å². The standard InChI is InChI=1S/C24H22F7N7O3/c25-17-10-14(41-9-1-7-23(26,27)28)4-5-16(17)22(24(29,30)31)11-15(18-6-8-37(34-18)12-13-2-3-13)19(20(39)32-22)38-21(40)33-35-36-38/h4-6,8,10,13H,1-3,7,9,11-12H2,(H,32,39)(H,33,36,40). The Morgan fingerprint density at radius 1 is 1.10 bits per heavy atom. The number of nitrogens with zero attached hydrogens (tertiary/aromatic N) is 5. The van der Waals surface area contributed by atoms with Crippen LogP contribution in [0.3, 0.4) is 0 Å². The fourth-order valence-corrected chi connectivity index (χ4v) is 4.63. The third-order valence-electron chi connectivity index (χ3n) is 6.80. The van der Waals surface area contributed by atoms with Crippen LogP contribution in [-0.4, -0.2) is 54.9 Å². The average molecular weight is 589 g/mol. The number of alkyl halides is 6. The van der Waals surface area contributed by atoms with E-state index in [9.17, 15) is 35.9 Å². The van der Waals surface area contributed by atoms with Crippen LogP contribution in [0.15, 0.2) is 35.3 Å². The molecule has 41 heavy (non-hydrogen) atoms. The van der Waals surface area contributed by atoms with Crippen LogP contribution in [-0.2, 0) is 16.9 Å². The molecular weight excluding hydrogens is 567 g/mol. The molecule has 1 fully saturated rings. The maximum absolute atomic E-state index is 15.3. The molecule has 2 N–H and O–H groups in total. The molecule has 1 atom stereocenters. The van der Waals surface area contributed by atoms with Gasteiger partial charge < -0.3 is 10.1 Å². The Hall–Kier alpha value is -4.18. The first kappa shape index (κ1) is 28.4. The number of hydrogen-bond acceptors (Lipinski definition) is 6. The van der Waals surface area contributed by atoms with Crippen LogP contribution in [0.2, 0.25) is 0 Å². The van der Waals surface area contributed by atoms with Crippen molar-refractivity contribution in [3.8, 4) is 5.75 Å². The molecule has 0 radical (unpaired) electrons. The highest BCUT2D eigenvalue weighted by atomic mass is 19.4. The summed E-state index contributed by atoms with van der Waals surface area (Å²) in [6, 6.07) is 3.71. The molecule has 1 aliphatic carbocycles. The van der Waals surface area contributed by atoms with Gasteiger partial charge in [-0.2, -0.15) is 36.1 Å². The van der Waals surface area contributed by atoms with E-state index in [-0.39, 0.29) is 17.0 Å². The molecule has 2 aromatic heterocycles. The summed E-state index contributed by atoms with van der Waals surface area (Å²) >= 11 is 0. The number of H-pyrrole nitrogens is 1. The number of ether oxygens (including phenoxy) is 1. The van der Waals surface area contributed by atoms with Gasteiger partial charge in [-0.1, -0.05) is 0 Å². The molecule has 2 aliphatic rings. The Kier molecular flexibility index (Phi) is 7.15. The average Bonchev–Trinajstić information content (AvgIpc) is 3.39. The van der Waals surface area contributed by atoms with Crippen molar-refractivity contribution in [1.29, 1.82) is 0 Å². The molecule has 0 bridgehead atoms. The maximum atomic E-state index is 15.3. The summed E-state index contributed by atoms with van der Waals surface area (Å²) in [5.74, 6) is -2.74. The Balaban J connectivity index is 1.54. The number of tetrazole rings is 1. The smallest absolute Gasteiger partial charge is 0.416 e. The first-order valence-electron chi connectivity index (χ1n) is 12.4. The maximum Gasteiger partial charge on any atom is 0.416 e. The lowest BCUT2D eigenvalue weighted by Crippen LogP contribution is -2.59. The van der Waals surface area contributed by atoms with Crippen molar-refractivity contribution in [2.75, 3.05) is 6.61 Å². The summed E-state index contributed by atoms with van der Waals surface area (Å²) in [5, 5.41) is 14.9. The fourth-order valence-electron chi connectivity index (χ4n) is 4.63. The Morgan fingerprint density at radius 3 is 2.46 bits per heavy atom. The summed E-state index contributed by atoms with van der Waals surface area (Å²) in [6.07, 6.45) is -8.89. The van der Waals surface area contributed by atoms with Gasteiger partial charge in [0.15, 0.2) is 5.54 Å². The zero-order chi connectivity index (χ0) is 29.6. The molecule has 3 aromatic rings. The minimum atomic E-state index is -5.26. The predicted octanol–water partition coefficient (Wildman–Crippen LogP) is 3.78. The molecule has 1 aliphatic heterocycles. The van der Waals surface area contributed by atoms with E-state index >= 15 is 4.39 Å². The highest BCUT2D eigenvalue weighted by Crippen LogP contribution is 2.49. The molecule has 1 aromatic carbocycles. The molecular formula is C24H22F7N7O3. The number of rotatable bonds is 9. The number of hydrogen-bond donors (Lipinski definition) is 2. The molecule has 10 nitrogen and oxygen atoms in total. The predicted molar refractivity (Wildman–Crippen MR) is 126 cm³/mol. The van der Waals surface area contributed by atoms with Gasteiger partial charge in [-0.05, 0) is 53.8 Å². The normalized spacial score (nSPS) is 19.9. The highest BCUT2D eigenvalue weighted by molar-refractivity contribution is 6.22. The van der Waals surface area contributed by atoms with Gasteiger partial charge in [-0.3, -0.25) is 9.48 Å². The second-order valence-corrected chi connectivity index (χ2v) is 9.85. The lowest BCUT2D eigenvalue weighted by molar-refractivity contribution is -0.202. The van der Waals surface area contributed by atoms with Gasteiger partial charge >= 0.3 is 18.0 Å². The second-order valence-electron chi connectivity index (χ2n) is 9.85. The SMILES string of the molecule is O=C1NC(c2ccc(OCCCC(F)(F)F)cc2F)(C(F)(F)F)CC(c2ccn(CC3CC3)n2)=C1n1nn[nH]c1=O. The van der Waals surface area contributed by atoms with Crippen molar-refractivity contribution >= 4 is 17.2 Å². The number of nitrogens with one attached hydrogen (secondary N) is 2. The zero-order valence-electron chi connectivity index (χ0n) is 21.0. The van der Waals surface area contributed by atoms with Gasteiger partial charge in [0.2, 0.25) is 0 Å². The van der Waals surface area contributed by atoms with Crippen LogP contribution < -0.4 is 15.7 Å². The number of halogens is 7. The van der Waals surface area contributed by atoms with E-state index in [1.807, 2.05) is 10.4 Å². The molecule has 3 heterocycles. The molecule has 1 amide bonds. The summed E-state index contributed by atoms with van der Waals surface area (Å²) in [5.41, 5.74) is -6.22. The second kappa shape index (κ2) is 10.3. The quantitative estimate of drug-likeness (QED) is 0.290. The summed E-state index contributed by atoms with van der Waals surface area (Å²) < 4.78 is 104. The fraction of sp³-hybridized carbons (Fsp3) is 0.458. The number of benzene rings is 1. The van der Waals surface area contributed by atoms with Gasteiger partial charge in [0.05, 0.1) is 12.3 Å². The first-order valence-corrected chi connectivity index (χ1v) is 12.4. The molecule has 17 heteroatoms. The number of carbonyl (C=O) groups is 1. The third kappa shape index (κ3) is 5.83. The number of amides is 1. The highest BCUT2D eigenvalue weighted by Gasteiger charge is 2.61. The van der Waals surface area contributed by atoms with E-state index < -0.39 is 72.4 Å². The van der Waals surface area contributed by atoms with Crippen LogP contribution in [0, 0.1) is 11.7 Å². The summed E-state index contributed by atoms with van der Waals surface area (Å²) in [6.45, 7) is 0.0495. The molecule has 0 saturated heterocycles. The lowest BCUT2D eigenvalue weighted by atomic mass is 9.78. The number of aromatic amines is 1. The number of carbonyl (C=O) groups excluding carboxylic acids is 1. The topological polar surface area (TPSA) is 120 Å². The van der Waals surface area contributed by atoms with Gasteiger partial charge in [0.25, 0.3) is 5.91 Å². The Morgan fingerprint density at radius 2 is 1.85 bits per heavy atom. The van der Waals surface area contributed by atoms with Crippen LogP contribution in [0.4, 0.5) is 30.7 Å². The Labute approximate surface area is 226 Å². The summed E-state index contributed by atoms with van der Waals surface area (Å²) in [7, 11) is 0. The molecule has 220 valence electrons. The zero-order valence-corrected chi connectivity index (χ0v) is 21.0. The van der Waals surface area contributed by atoms with Crippen LogP contribution in [0.1, 0.15) is 43.4 Å². The minimum Gasteiger partial charge on any atom is -0.493 e. The monoisotopic (exact) mass is 589 g/mol. The number of aromatic nitrogens is 6. The molecule has 1 unspecified atom stereocenters. The van der Waals surface area contributed by atoms with Crippen molar-refractivity contribution < 1.29 is 40.3 Å².